The normalized spacial score (nSPS) is 40.2. The number of ether oxygens (including phenoxy) is 2. The summed E-state index contributed by atoms with van der Waals surface area (Å²) in [4.78, 5) is 26.0. The average Bonchev–Trinajstić information content (AvgIpc) is 3.02. The Morgan fingerprint density at radius 1 is 1.28 bits per heavy atom. The van der Waals surface area contributed by atoms with Gasteiger partial charge in [0.05, 0.1) is 30.7 Å². The fourth-order valence-corrected chi connectivity index (χ4v) is 5.46. The number of carbonyl (C=O) groups is 2. The maximum Gasteiger partial charge on any atom is 0.317 e. The van der Waals surface area contributed by atoms with Crippen molar-refractivity contribution in [3.05, 3.63) is 0 Å². The van der Waals surface area contributed by atoms with E-state index in [-0.39, 0.29) is 12.5 Å². The van der Waals surface area contributed by atoms with Crippen molar-refractivity contribution in [1.29, 1.82) is 0 Å². The van der Waals surface area contributed by atoms with Gasteiger partial charge in [-0.05, 0) is 13.2 Å². The van der Waals surface area contributed by atoms with Gasteiger partial charge in [0, 0.05) is 25.6 Å². The molecule has 10 atom stereocenters. The number of fused-ring (bicyclic) bond motifs is 1. The molecule has 6 N–H and O–H groups in total. The van der Waals surface area contributed by atoms with Crippen LogP contribution in [0.15, 0.2) is 0 Å². The molecule has 0 aromatic carbocycles. The van der Waals surface area contributed by atoms with E-state index in [1.165, 1.54) is 11.8 Å². The first-order chi connectivity index (χ1) is 15.1. The SMILES string of the molecule is CSC1O[C@H]([C@H](NC(=O)[C@H]2NC[C@@H]3CN(CC(=O)O)CCO[C@H]32)[C@H](C)Cl)[C@@H](O)C(O)[C@H]1O. The number of halogens is 1. The Kier molecular flexibility index (Phi) is 9.03. The minimum Gasteiger partial charge on any atom is -0.480 e. The third kappa shape index (κ3) is 5.68. The first-order valence-corrected chi connectivity index (χ1v) is 12.3. The van der Waals surface area contributed by atoms with Crippen molar-refractivity contribution >= 4 is 35.2 Å². The molecular formula is C19H32ClN3O8S. The smallest absolute Gasteiger partial charge is 0.317 e. The Morgan fingerprint density at radius 2 is 2.00 bits per heavy atom. The Bertz CT molecular complexity index is 674. The Hall–Kier alpha value is -0.700. The van der Waals surface area contributed by atoms with Gasteiger partial charge in [0.2, 0.25) is 5.91 Å². The molecule has 3 aliphatic heterocycles. The number of thioether (sulfide) groups is 1. The average molecular weight is 498 g/mol. The number of nitrogens with zero attached hydrogens (tertiary/aromatic N) is 1. The fourth-order valence-electron chi connectivity index (χ4n) is 4.58. The summed E-state index contributed by atoms with van der Waals surface area (Å²) in [6.07, 6.45) is -3.93. The van der Waals surface area contributed by atoms with Crippen LogP contribution < -0.4 is 10.6 Å². The second-order valence-corrected chi connectivity index (χ2v) is 10.1. The summed E-state index contributed by atoms with van der Waals surface area (Å²) < 4.78 is 11.7. The summed E-state index contributed by atoms with van der Waals surface area (Å²) in [6, 6.07) is -1.53. The van der Waals surface area contributed by atoms with Crippen molar-refractivity contribution in [2.75, 3.05) is 39.0 Å². The Labute approximate surface area is 195 Å². The highest BCUT2D eigenvalue weighted by Crippen LogP contribution is 2.30. The lowest BCUT2D eigenvalue weighted by atomic mass is 9.92. The first-order valence-electron chi connectivity index (χ1n) is 10.6. The lowest BCUT2D eigenvalue weighted by molar-refractivity contribution is -0.205. The third-order valence-electron chi connectivity index (χ3n) is 6.24. The number of aliphatic carboxylic acids is 1. The molecule has 0 spiro atoms. The number of amides is 1. The lowest BCUT2D eigenvalue weighted by Gasteiger charge is -2.44. The van der Waals surface area contributed by atoms with E-state index < -0.39 is 65.3 Å². The Balaban J connectivity index is 1.68. The number of nitrogens with one attached hydrogen (secondary N) is 2. The van der Waals surface area contributed by atoms with Gasteiger partial charge in [-0.15, -0.1) is 23.4 Å². The molecule has 184 valence electrons. The van der Waals surface area contributed by atoms with Crippen LogP contribution >= 0.6 is 23.4 Å². The second-order valence-electron chi connectivity index (χ2n) is 8.50. The van der Waals surface area contributed by atoms with E-state index >= 15 is 0 Å². The molecule has 0 bridgehead atoms. The van der Waals surface area contributed by atoms with Crippen molar-refractivity contribution in [1.82, 2.24) is 15.5 Å². The summed E-state index contributed by atoms with van der Waals surface area (Å²) in [5.41, 5.74) is -0.785. The van der Waals surface area contributed by atoms with Crippen molar-refractivity contribution in [2.45, 2.75) is 60.3 Å². The molecule has 1 amide bonds. The van der Waals surface area contributed by atoms with Gasteiger partial charge in [-0.25, -0.2) is 0 Å². The lowest BCUT2D eigenvalue weighted by Crippen LogP contribution is -2.65. The van der Waals surface area contributed by atoms with Crippen LogP contribution in [0.25, 0.3) is 0 Å². The summed E-state index contributed by atoms with van der Waals surface area (Å²) >= 11 is 7.51. The van der Waals surface area contributed by atoms with Gasteiger partial charge in [-0.3, -0.25) is 14.5 Å². The van der Waals surface area contributed by atoms with E-state index in [4.69, 9.17) is 26.2 Å². The van der Waals surface area contributed by atoms with Gasteiger partial charge in [0.15, 0.2) is 0 Å². The molecule has 3 saturated heterocycles. The number of carbonyl (C=O) groups excluding carboxylic acids is 1. The minimum absolute atomic E-state index is 0.0613. The highest BCUT2D eigenvalue weighted by molar-refractivity contribution is 7.99. The van der Waals surface area contributed by atoms with Crippen LogP contribution in [0, 0.1) is 5.92 Å². The molecule has 11 nitrogen and oxygen atoms in total. The van der Waals surface area contributed by atoms with E-state index in [0.29, 0.717) is 26.2 Å². The summed E-state index contributed by atoms with van der Waals surface area (Å²) in [5.74, 6) is -1.36. The Morgan fingerprint density at radius 3 is 2.62 bits per heavy atom. The molecule has 0 aromatic heterocycles. The zero-order chi connectivity index (χ0) is 23.6. The maximum absolute atomic E-state index is 13.2. The molecule has 3 heterocycles. The van der Waals surface area contributed by atoms with Crippen LogP contribution in [0.3, 0.4) is 0 Å². The molecule has 2 unspecified atom stereocenters. The number of rotatable bonds is 7. The summed E-state index contributed by atoms with van der Waals surface area (Å²) in [5, 5.41) is 45.2. The number of alkyl halides is 1. The van der Waals surface area contributed by atoms with Gasteiger partial charge < -0.3 is 40.5 Å². The molecular weight excluding hydrogens is 466 g/mol. The molecule has 13 heteroatoms. The number of hydrogen-bond acceptors (Lipinski definition) is 10. The zero-order valence-corrected chi connectivity index (χ0v) is 19.5. The van der Waals surface area contributed by atoms with E-state index in [9.17, 15) is 24.9 Å². The number of aliphatic hydroxyl groups excluding tert-OH is 3. The molecule has 3 rings (SSSR count). The van der Waals surface area contributed by atoms with Gasteiger partial charge in [0.25, 0.3) is 0 Å². The number of hydrogen-bond donors (Lipinski definition) is 6. The van der Waals surface area contributed by atoms with E-state index in [2.05, 4.69) is 10.6 Å². The summed E-state index contributed by atoms with van der Waals surface area (Å²) in [6.45, 7) is 3.31. The molecule has 0 radical (unpaired) electrons. The van der Waals surface area contributed by atoms with Crippen molar-refractivity contribution in [2.24, 2.45) is 5.92 Å². The van der Waals surface area contributed by atoms with Crippen molar-refractivity contribution in [3.63, 3.8) is 0 Å². The quantitative estimate of drug-likeness (QED) is 0.209. The monoisotopic (exact) mass is 497 g/mol. The predicted molar refractivity (Wildman–Crippen MR) is 117 cm³/mol. The van der Waals surface area contributed by atoms with Crippen LogP contribution in [-0.2, 0) is 19.1 Å². The fraction of sp³-hybridized carbons (Fsp3) is 0.895. The number of carboxylic acid groups (broad SMARTS) is 1. The van der Waals surface area contributed by atoms with Gasteiger partial charge in [-0.1, -0.05) is 0 Å². The molecule has 32 heavy (non-hydrogen) atoms. The second kappa shape index (κ2) is 11.2. The first kappa shape index (κ1) is 25.9. The van der Waals surface area contributed by atoms with Crippen LogP contribution in [0.1, 0.15) is 6.92 Å². The van der Waals surface area contributed by atoms with Gasteiger partial charge >= 0.3 is 5.97 Å². The van der Waals surface area contributed by atoms with E-state index in [1.807, 2.05) is 0 Å². The van der Waals surface area contributed by atoms with E-state index in [0.717, 1.165) is 0 Å². The highest BCUT2D eigenvalue weighted by atomic mass is 35.5. The molecule has 0 saturated carbocycles. The van der Waals surface area contributed by atoms with Crippen molar-refractivity contribution < 1.29 is 39.5 Å². The molecule has 3 fully saturated rings. The largest absolute Gasteiger partial charge is 0.480 e. The zero-order valence-electron chi connectivity index (χ0n) is 18.0. The minimum atomic E-state index is -1.44. The molecule has 3 aliphatic rings. The molecule has 0 aromatic rings. The van der Waals surface area contributed by atoms with Crippen LogP contribution in [0.4, 0.5) is 0 Å². The van der Waals surface area contributed by atoms with Crippen molar-refractivity contribution in [3.8, 4) is 0 Å². The van der Waals surface area contributed by atoms with Crippen LogP contribution in [-0.4, -0.2) is 130 Å². The topological polar surface area (TPSA) is 161 Å². The van der Waals surface area contributed by atoms with Gasteiger partial charge in [0.1, 0.15) is 35.9 Å². The highest BCUT2D eigenvalue weighted by Gasteiger charge is 2.49. The number of carboxylic acids is 1. The predicted octanol–water partition coefficient (Wildman–Crippen LogP) is -2.36. The third-order valence-corrected chi connectivity index (χ3v) is 7.37. The van der Waals surface area contributed by atoms with Gasteiger partial charge in [-0.2, -0.15) is 0 Å². The van der Waals surface area contributed by atoms with Crippen LogP contribution in [0.5, 0.6) is 0 Å². The maximum atomic E-state index is 13.2. The van der Waals surface area contributed by atoms with Crippen LogP contribution in [0.2, 0.25) is 0 Å². The number of aliphatic hydroxyl groups is 3. The molecule has 0 aliphatic carbocycles. The summed E-state index contributed by atoms with van der Waals surface area (Å²) in [7, 11) is 0. The van der Waals surface area contributed by atoms with E-state index in [1.54, 1.807) is 18.1 Å². The standard InChI is InChI=1S/C19H32ClN3O8S/c1-8(20)11(17-14(27)13(26)15(28)19(31-17)32-2)22-18(29)12-16-9(5-21-12)6-23(3-4-30-16)7-10(24)25/h8-9,11-17,19,21,26-28H,3-7H2,1-2H3,(H,22,29)(H,24,25)/t8-,9+,11+,12-,13?,14-,15+,16+,17+,19?/m0/s1.